The number of amides is 2. The standard InChI is InChI=1S/C20H23FN2O3/c1-14(2)26-19-10-8-18(9-11-19)23(15(3)24)13-12-20(25)22-17-6-4-16(21)5-7-17/h4-11,14H,12-13H2,1-3H3,(H,22,25). The molecule has 1 N–H and O–H groups in total. The maximum absolute atomic E-state index is 12.9. The summed E-state index contributed by atoms with van der Waals surface area (Å²) in [7, 11) is 0. The van der Waals surface area contributed by atoms with Gasteiger partial charge in [0.15, 0.2) is 0 Å². The largest absolute Gasteiger partial charge is 0.491 e. The fourth-order valence-corrected chi connectivity index (χ4v) is 2.42. The van der Waals surface area contributed by atoms with Crippen LogP contribution in [0.3, 0.4) is 0 Å². The van der Waals surface area contributed by atoms with Crippen molar-refractivity contribution in [3.8, 4) is 5.75 Å². The number of hydrogen-bond acceptors (Lipinski definition) is 3. The minimum atomic E-state index is -0.365. The molecule has 0 radical (unpaired) electrons. The fraction of sp³-hybridized carbons (Fsp3) is 0.300. The van der Waals surface area contributed by atoms with Crippen LogP contribution in [0.5, 0.6) is 5.75 Å². The Balaban J connectivity index is 1.96. The maximum Gasteiger partial charge on any atom is 0.226 e. The number of nitrogens with one attached hydrogen (secondary N) is 1. The first-order chi connectivity index (χ1) is 12.3. The van der Waals surface area contributed by atoms with Crippen LogP contribution >= 0.6 is 0 Å². The number of carbonyl (C=O) groups excluding carboxylic acids is 2. The van der Waals surface area contributed by atoms with Gasteiger partial charge in [0.1, 0.15) is 11.6 Å². The molecule has 0 heterocycles. The highest BCUT2D eigenvalue weighted by Gasteiger charge is 2.14. The first-order valence-corrected chi connectivity index (χ1v) is 8.45. The Bertz CT molecular complexity index is 743. The van der Waals surface area contributed by atoms with Gasteiger partial charge in [-0.1, -0.05) is 0 Å². The second-order valence-electron chi connectivity index (χ2n) is 6.14. The van der Waals surface area contributed by atoms with E-state index in [2.05, 4.69) is 5.32 Å². The van der Waals surface area contributed by atoms with Crippen molar-refractivity contribution in [3.63, 3.8) is 0 Å². The van der Waals surface area contributed by atoms with Crippen LogP contribution in [0.4, 0.5) is 15.8 Å². The lowest BCUT2D eigenvalue weighted by Crippen LogP contribution is -2.31. The Morgan fingerprint density at radius 3 is 2.23 bits per heavy atom. The molecule has 0 unspecified atom stereocenters. The van der Waals surface area contributed by atoms with Crippen LogP contribution < -0.4 is 15.0 Å². The Hall–Kier alpha value is -2.89. The van der Waals surface area contributed by atoms with Crippen molar-refractivity contribution in [2.75, 3.05) is 16.8 Å². The molecule has 0 aliphatic carbocycles. The molecule has 2 rings (SSSR count). The number of anilines is 2. The molecule has 0 saturated carbocycles. The lowest BCUT2D eigenvalue weighted by atomic mass is 10.2. The molecule has 0 saturated heterocycles. The van der Waals surface area contributed by atoms with Gasteiger partial charge in [-0.3, -0.25) is 9.59 Å². The van der Waals surface area contributed by atoms with Crippen molar-refractivity contribution >= 4 is 23.2 Å². The molecule has 6 heteroatoms. The third-order valence-electron chi connectivity index (χ3n) is 3.59. The second kappa shape index (κ2) is 8.99. The zero-order valence-electron chi connectivity index (χ0n) is 15.2. The average Bonchev–Trinajstić information content (AvgIpc) is 2.58. The van der Waals surface area contributed by atoms with Crippen LogP contribution in [0.15, 0.2) is 48.5 Å². The van der Waals surface area contributed by atoms with Crippen molar-refractivity contribution in [2.45, 2.75) is 33.3 Å². The van der Waals surface area contributed by atoms with E-state index in [9.17, 15) is 14.0 Å². The highest BCUT2D eigenvalue weighted by Crippen LogP contribution is 2.21. The van der Waals surface area contributed by atoms with Gasteiger partial charge in [0, 0.05) is 31.3 Å². The van der Waals surface area contributed by atoms with Gasteiger partial charge in [-0.2, -0.15) is 0 Å². The normalized spacial score (nSPS) is 10.5. The van der Waals surface area contributed by atoms with E-state index in [1.807, 2.05) is 13.8 Å². The average molecular weight is 358 g/mol. The molecule has 2 amide bonds. The van der Waals surface area contributed by atoms with Gasteiger partial charge >= 0.3 is 0 Å². The number of hydrogen-bond donors (Lipinski definition) is 1. The van der Waals surface area contributed by atoms with Crippen LogP contribution in [0, 0.1) is 5.82 Å². The SMILES string of the molecule is CC(=O)N(CCC(=O)Nc1ccc(F)cc1)c1ccc(OC(C)C)cc1. The number of benzene rings is 2. The van der Waals surface area contributed by atoms with Crippen molar-refractivity contribution in [1.82, 2.24) is 0 Å². The Morgan fingerprint density at radius 1 is 1.08 bits per heavy atom. The topological polar surface area (TPSA) is 58.6 Å². The van der Waals surface area contributed by atoms with Gasteiger partial charge < -0.3 is 15.0 Å². The van der Waals surface area contributed by atoms with Gasteiger partial charge in [0.2, 0.25) is 11.8 Å². The quantitative estimate of drug-likeness (QED) is 0.814. The zero-order chi connectivity index (χ0) is 19.1. The minimum Gasteiger partial charge on any atom is -0.491 e. The van der Waals surface area contributed by atoms with Gasteiger partial charge in [0.25, 0.3) is 0 Å². The van der Waals surface area contributed by atoms with E-state index >= 15 is 0 Å². The molecule has 0 spiro atoms. The summed E-state index contributed by atoms with van der Waals surface area (Å²) >= 11 is 0. The van der Waals surface area contributed by atoms with E-state index < -0.39 is 0 Å². The van der Waals surface area contributed by atoms with Crippen LogP contribution in [0.1, 0.15) is 27.2 Å². The first-order valence-electron chi connectivity index (χ1n) is 8.45. The Morgan fingerprint density at radius 2 is 1.69 bits per heavy atom. The number of nitrogens with zero attached hydrogens (tertiary/aromatic N) is 1. The Kier molecular flexibility index (Phi) is 6.72. The van der Waals surface area contributed by atoms with Crippen LogP contribution in [-0.2, 0) is 9.59 Å². The molecule has 0 bridgehead atoms. The smallest absolute Gasteiger partial charge is 0.226 e. The van der Waals surface area contributed by atoms with Gasteiger partial charge in [-0.15, -0.1) is 0 Å². The summed E-state index contributed by atoms with van der Waals surface area (Å²) in [5.41, 5.74) is 1.21. The molecular formula is C20H23FN2O3. The molecule has 5 nitrogen and oxygen atoms in total. The summed E-state index contributed by atoms with van der Waals surface area (Å²) in [5.74, 6) is -0.0447. The third-order valence-corrected chi connectivity index (χ3v) is 3.59. The van der Waals surface area contributed by atoms with Crippen molar-refractivity contribution in [2.24, 2.45) is 0 Å². The summed E-state index contributed by atoms with van der Waals surface area (Å²) in [5, 5.41) is 2.68. The predicted molar refractivity (Wildman–Crippen MR) is 99.9 cm³/mol. The molecule has 26 heavy (non-hydrogen) atoms. The van der Waals surface area contributed by atoms with Gasteiger partial charge in [-0.05, 0) is 62.4 Å². The molecule has 138 valence electrons. The van der Waals surface area contributed by atoms with E-state index in [-0.39, 0.29) is 36.7 Å². The molecular weight excluding hydrogens is 335 g/mol. The van der Waals surface area contributed by atoms with E-state index in [1.54, 1.807) is 24.3 Å². The van der Waals surface area contributed by atoms with Crippen LogP contribution in [0.2, 0.25) is 0 Å². The third kappa shape index (κ3) is 5.88. The number of rotatable bonds is 7. The van der Waals surface area contributed by atoms with Crippen molar-refractivity contribution in [3.05, 3.63) is 54.3 Å². The zero-order valence-corrected chi connectivity index (χ0v) is 15.2. The molecule has 0 fully saturated rings. The molecule has 0 aromatic heterocycles. The summed E-state index contributed by atoms with van der Waals surface area (Å²) in [6, 6.07) is 12.7. The van der Waals surface area contributed by atoms with E-state index in [1.165, 1.54) is 36.1 Å². The summed E-state index contributed by atoms with van der Waals surface area (Å²) < 4.78 is 18.5. The number of carbonyl (C=O) groups is 2. The second-order valence-corrected chi connectivity index (χ2v) is 6.14. The van der Waals surface area contributed by atoms with Crippen molar-refractivity contribution < 1.29 is 18.7 Å². The van der Waals surface area contributed by atoms with E-state index in [0.717, 1.165) is 5.75 Å². The summed E-state index contributed by atoms with van der Waals surface area (Å²) in [6.07, 6.45) is 0.196. The number of ether oxygens (including phenoxy) is 1. The lowest BCUT2D eigenvalue weighted by molar-refractivity contribution is -0.117. The highest BCUT2D eigenvalue weighted by atomic mass is 19.1. The fourth-order valence-electron chi connectivity index (χ4n) is 2.42. The molecule has 2 aromatic rings. The van der Waals surface area contributed by atoms with Gasteiger partial charge in [0.05, 0.1) is 6.10 Å². The Labute approximate surface area is 152 Å². The van der Waals surface area contributed by atoms with E-state index in [0.29, 0.717) is 11.4 Å². The highest BCUT2D eigenvalue weighted by molar-refractivity contribution is 5.94. The predicted octanol–water partition coefficient (Wildman–Crippen LogP) is 3.99. The number of halogens is 1. The molecule has 0 aliphatic heterocycles. The van der Waals surface area contributed by atoms with Crippen molar-refractivity contribution in [1.29, 1.82) is 0 Å². The first kappa shape index (κ1) is 19.4. The molecule has 0 atom stereocenters. The molecule has 2 aromatic carbocycles. The summed E-state index contributed by atoms with van der Waals surface area (Å²) in [4.78, 5) is 25.5. The maximum atomic E-state index is 12.9. The van der Waals surface area contributed by atoms with Crippen LogP contribution in [-0.4, -0.2) is 24.5 Å². The molecule has 0 aliphatic rings. The van der Waals surface area contributed by atoms with Gasteiger partial charge in [-0.25, -0.2) is 4.39 Å². The lowest BCUT2D eigenvalue weighted by Gasteiger charge is -2.21. The monoisotopic (exact) mass is 358 g/mol. The summed E-state index contributed by atoms with van der Waals surface area (Å²) in [6.45, 7) is 5.58. The van der Waals surface area contributed by atoms with Crippen LogP contribution in [0.25, 0.3) is 0 Å². The minimum absolute atomic E-state index is 0.0694. The van der Waals surface area contributed by atoms with E-state index in [4.69, 9.17) is 4.74 Å².